The molecule has 0 radical (unpaired) electrons. The smallest absolute Gasteiger partial charge is 0.0462 e. The maximum atomic E-state index is 2.36. The van der Waals surface area contributed by atoms with Crippen LogP contribution in [0.3, 0.4) is 0 Å². The molecule has 0 bridgehead atoms. The molecule has 6 rings (SSSR count). The van der Waals surface area contributed by atoms with Crippen molar-refractivity contribution < 1.29 is 0 Å². The molecule has 44 heavy (non-hydrogen) atoms. The summed E-state index contributed by atoms with van der Waals surface area (Å²) < 4.78 is 0. The molecule has 0 saturated carbocycles. The molecule has 0 amide bonds. The molecule has 0 aliphatic heterocycles. The Labute approximate surface area is 262 Å². The van der Waals surface area contributed by atoms with Crippen molar-refractivity contribution in [3.63, 3.8) is 0 Å². The summed E-state index contributed by atoms with van der Waals surface area (Å²) >= 11 is 0. The summed E-state index contributed by atoms with van der Waals surface area (Å²) in [6.07, 6.45) is 2.26. The van der Waals surface area contributed by atoms with Crippen molar-refractivity contribution >= 4 is 34.1 Å². The normalized spacial score (nSPS) is 11.2. The molecule has 0 aliphatic carbocycles. The lowest BCUT2D eigenvalue weighted by molar-refractivity contribution is 0.439. The number of rotatable bonds is 10. The minimum atomic E-state index is 0.201. The summed E-state index contributed by atoms with van der Waals surface area (Å²) in [5, 5.41) is 0. The van der Waals surface area contributed by atoms with Crippen LogP contribution in [0.4, 0.5) is 34.1 Å². The largest absolute Gasteiger partial charge is 0.311 e. The first-order chi connectivity index (χ1) is 21.6. The van der Waals surface area contributed by atoms with Gasteiger partial charge in [-0.05, 0) is 108 Å². The lowest BCUT2D eigenvalue weighted by Crippen LogP contribution is -2.19. The Balaban J connectivity index is 1.30. The van der Waals surface area contributed by atoms with Crippen LogP contribution in [0, 0.1) is 0 Å². The van der Waals surface area contributed by atoms with Gasteiger partial charge in [-0.25, -0.2) is 0 Å². The predicted octanol–water partition coefficient (Wildman–Crippen LogP) is 12.4. The zero-order valence-corrected chi connectivity index (χ0v) is 25.9. The van der Waals surface area contributed by atoms with Crippen LogP contribution in [0.25, 0.3) is 11.1 Å². The molecule has 0 N–H and O–H groups in total. The molecule has 218 valence electrons. The van der Waals surface area contributed by atoms with Gasteiger partial charge in [0.05, 0.1) is 0 Å². The summed E-state index contributed by atoms with van der Waals surface area (Å²) in [5.41, 5.74) is 10.8. The molecular formula is C42H40N2. The molecule has 6 aromatic rings. The molecule has 0 aromatic heterocycles. The number of hydrogen-bond donors (Lipinski definition) is 0. The summed E-state index contributed by atoms with van der Waals surface area (Å²) in [6.45, 7) is 6.93. The van der Waals surface area contributed by atoms with Crippen molar-refractivity contribution in [1.29, 1.82) is 0 Å². The Morgan fingerprint density at radius 2 is 0.636 bits per heavy atom. The van der Waals surface area contributed by atoms with E-state index in [0.717, 1.165) is 47.0 Å². The monoisotopic (exact) mass is 572 g/mol. The Bertz CT molecular complexity index is 1700. The molecule has 0 unspecified atom stereocenters. The maximum absolute atomic E-state index is 2.36. The predicted molar refractivity (Wildman–Crippen MR) is 189 cm³/mol. The minimum absolute atomic E-state index is 0.201. The highest BCUT2D eigenvalue weighted by Crippen LogP contribution is 2.39. The zero-order chi connectivity index (χ0) is 30.4. The van der Waals surface area contributed by atoms with E-state index in [2.05, 4.69) is 194 Å². The van der Waals surface area contributed by atoms with Crippen LogP contribution in [0.1, 0.15) is 39.2 Å². The second kappa shape index (κ2) is 13.1. The Hall–Kier alpha value is -5.08. The van der Waals surface area contributed by atoms with Gasteiger partial charge in [0.1, 0.15) is 0 Å². The van der Waals surface area contributed by atoms with Gasteiger partial charge in [-0.15, -0.1) is 0 Å². The third-order valence-corrected chi connectivity index (χ3v) is 9.01. The lowest BCUT2D eigenvalue weighted by atomic mass is 9.78. The average molecular weight is 573 g/mol. The summed E-state index contributed by atoms with van der Waals surface area (Å²) in [7, 11) is 0. The second-order valence-corrected chi connectivity index (χ2v) is 11.6. The van der Waals surface area contributed by atoms with Gasteiger partial charge < -0.3 is 9.80 Å². The highest BCUT2D eigenvalue weighted by Gasteiger charge is 2.22. The van der Waals surface area contributed by atoms with Gasteiger partial charge >= 0.3 is 0 Å². The van der Waals surface area contributed by atoms with Crippen LogP contribution in [-0.2, 0) is 5.41 Å². The first-order valence-corrected chi connectivity index (χ1v) is 15.7. The molecule has 0 heterocycles. The highest BCUT2D eigenvalue weighted by atomic mass is 15.1. The van der Waals surface area contributed by atoms with Crippen molar-refractivity contribution in [3.8, 4) is 11.1 Å². The zero-order valence-electron chi connectivity index (χ0n) is 25.9. The van der Waals surface area contributed by atoms with Crippen LogP contribution in [0.15, 0.2) is 164 Å². The van der Waals surface area contributed by atoms with Crippen molar-refractivity contribution in [2.75, 3.05) is 9.80 Å². The maximum Gasteiger partial charge on any atom is 0.0462 e. The van der Waals surface area contributed by atoms with Gasteiger partial charge in [0.25, 0.3) is 0 Å². The van der Waals surface area contributed by atoms with E-state index in [-0.39, 0.29) is 5.41 Å². The Kier molecular flexibility index (Phi) is 8.61. The molecule has 0 spiro atoms. The van der Waals surface area contributed by atoms with E-state index in [1.165, 1.54) is 16.7 Å². The van der Waals surface area contributed by atoms with Crippen molar-refractivity contribution in [2.45, 2.75) is 39.0 Å². The third-order valence-electron chi connectivity index (χ3n) is 9.01. The third kappa shape index (κ3) is 6.02. The summed E-state index contributed by atoms with van der Waals surface area (Å²) in [5.74, 6) is 0. The molecule has 2 nitrogen and oxygen atoms in total. The second-order valence-electron chi connectivity index (χ2n) is 11.6. The van der Waals surface area contributed by atoms with Crippen LogP contribution in [0.2, 0.25) is 0 Å². The molecule has 2 heteroatoms. The van der Waals surface area contributed by atoms with Crippen LogP contribution < -0.4 is 9.80 Å². The number of para-hydroxylation sites is 3. The molecule has 0 aliphatic rings. The molecule has 0 atom stereocenters. The van der Waals surface area contributed by atoms with Crippen molar-refractivity contribution in [2.24, 2.45) is 0 Å². The summed E-state index contributed by atoms with van der Waals surface area (Å²) in [4.78, 5) is 4.63. The standard InChI is InChI=1S/C42H40N2/c1-4-42(3,5-2)35-25-31-41(32-26-35)44(38-19-13-8-14-20-38)40-29-23-34(24-30-40)33-21-27-39(28-22-33)43(36-15-9-6-10-16-36)37-17-11-7-12-18-37/h6-32H,4-5H2,1-3H3. The summed E-state index contributed by atoms with van der Waals surface area (Å²) in [6, 6.07) is 58.6. The Morgan fingerprint density at radius 3 is 0.932 bits per heavy atom. The number of benzene rings is 6. The first-order valence-electron chi connectivity index (χ1n) is 15.7. The Morgan fingerprint density at radius 1 is 0.364 bits per heavy atom. The SMILES string of the molecule is CCC(C)(CC)c1ccc(N(c2ccccc2)c2ccc(-c3ccc(N(c4ccccc4)c4ccccc4)cc3)cc2)cc1. The highest BCUT2D eigenvalue weighted by molar-refractivity contribution is 5.80. The van der Waals surface area contributed by atoms with E-state index in [1.54, 1.807) is 0 Å². The molecule has 6 aromatic carbocycles. The van der Waals surface area contributed by atoms with Gasteiger partial charge in [-0.3, -0.25) is 0 Å². The lowest BCUT2D eigenvalue weighted by Gasteiger charge is -2.29. The van der Waals surface area contributed by atoms with E-state index in [1.807, 2.05) is 0 Å². The minimum Gasteiger partial charge on any atom is -0.311 e. The van der Waals surface area contributed by atoms with Gasteiger partial charge in [0.15, 0.2) is 0 Å². The van der Waals surface area contributed by atoms with Gasteiger partial charge in [-0.1, -0.05) is 112 Å². The molecule has 0 saturated heterocycles. The quantitative estimate of drug-likeness (QED) is 0.161. The van der Waals surface area contributed by atoms with E-state index >= 15 is 0 Å². The van der Waals surface area contributed by atoms with Crippen LogP contribution in [-0.4, -0.2) is 0 Å². The fourth-order valence-electron chi connectivity index (χ4n) is 5.90. The number of hydrogen-bond acceptors (Lipinski definition) is 2. The van der Waals surface area contributed by atoms with E-state index in [9.17, 15) is 0 Å². The van der Waals surface area contributed by atoms with Gasteiger partial charge in [0, 0.05) is 34.1 Å². The van der Waals surface area contributed by atoms with Crippen molar-refractivity contribution in [3.05, 3.63) is 169 Å². The fraction of sp³-hybridized carbons (Fsp3) is 0.143. The van der Waals surface area contributed by atoms with Crippen molar-refractivity contribution in [1.82, 2.24) is 0 Å². The van der Waals surface area contributed by atoms with Gasteiger partial charge in [-0.2, -0.15) is 0 Å². The van der Waals surface area contributed by atoms with Gasteiger partial charge in [0.2, 0.25) is 0 Å². The average Bonchev–Trinajstić information content (AvgIpc) is 3.10. The molecular weight excluding hydrogens is 532 g/mol. The van der Waals surface area contributed by atoms with E-state index in [4.69, 9.17) is 0 Å². The van der Waals surface area contributed by atoms with E-state index in [0.29, 0.717) is 0 Å². The van der Waals surface area contributed by atoms with E-state index < -0.39 is 0 Å². The molecule has 0 fully saturated rings. The van der Waals surface area contributed by atoms with Crippen LogP contribution >= 0.6 is 0 Å². The topological polar surface area (TPSA) is 6.48 Å². The fourth-order valence-corrected chi connectivity index (χ4v) is 5.90. The number of nitrogens with zero attached hydrogens (tertiary/aromatic N) is 2. The first kappa shape index (κ1) is 29.0. The number of anilines is 6. The van der Waals surface area contributed by atoms with Crippen LogP contribution in [0.5, 0.6) is 0 Å².